The minimum Gasteiger partial charge on any atom is -0.394 e. The zero-order chi connectivity index (χ0) is 13.4. The standard InChI is InChI=1S/C15H11ClN2O/c16-11-7-3-1-5-9(11)14-13(17)15(19)10-6-2-4-8-12(10)18-14/h1-8H,17H2,(H,18,19). The summed E-state index contributed by atoms with van der Waals surface area (Å²) in [5.74, 6) is 0. The van der Waals surface area contributed by atoms with Gasteiger partial charge in [-0.2, -0.15) is 0 Å². The average molecular weight is 271 g/mol. The Morgan fingerprint density at radius 3 is 2.47 bits per heavy atom. The normalized spacial score (nSPS) is 10.8. The van der Waals surface area contributed by atoms with Gasteiger partial charge in [0.2, 0.25) is 5.43 Å². The number of aromatic amines is 1. The molecular formula is C15H11ClN2O. The molecule has 3 nitrogen and oxygen atoms in total. The molecule has 0 aliphatic heterocycles. The summed E-state index contributed by atoms with van der Waals surface area (Å²) in [6.45, 7) is 0. The SMILES string of the molecule is Nc1c(-c2ccccc2Cl)[nH]c2ccccc2c1=O. The van der Waals surface area contributed by atoms with E-state index in [-0.39, 0.29) is 11.1 Å². The molecule has 0 bridgehead atoms. The lowest BCUT2D eigenvalue weighted by atomic mass is 10.1. The van der Waals surface area contributed by atoms with Gasteiger partial charge in [-0.15, -0.1) is 0 Å². The molecule has 0 radical (unpaired) electrons. The summed E-state index contributed by atoms with van der Waals surface area (Å²) in [6.07, 6.45) is 0. The third-order valence-corrected chi connectivity index (χ3v) is 3.42. The van der Waals surface area contributed by atoms with Crippen molar-refractivity contribution in [1.29, 1.82) is 0 Å². The molecular weight excluding hydrogens is 260 g/mol. The van der Waals surface area contributed by atoms with Gasteiger partial charge in [-0.05, 0) is 18.2 Å². The predicted molar refractivity (Wildman–Crippen MR) is 79.4 cm³/mol. The molecule has 2 aromatic carbocycles. The van der Waals surface area contributed by atoms with Crippen LogP contribution in [0, 0.1) is 0 Å². The number of rotatable bonds is 1. The number of anilines is 1. The molecule has 0 saturated heterocycles. The fourth-order valence-electron chi connectivity index (χ4n) is 2.13. The average Bonchev–Trinajstić information content (AvgIpc) is 2.44. The van der Waals surface area contributed by atoms with Crippen LogP contribution in [0.1, 0.15) is 0 Å². The molecule has 0 amide bonds. The number of para-hydroxylation sites is 1. The fraction of sp³-hybridized carbons (Fsp3) is 0. The van der Waals surface area contributed by atoms with E-state index in [0.717, 1.165) is 11.1 Å². The molecule has 1 aromatic heterocycles. The number of pyridine rings is 1. The highest BCUT2D eigenvalue weighted by Crippen LogP contribution is 2.29. The zero-order valence-electron chi connectivity index (χ0n) is 9.98. The summed E-state index contributed by atoms with van der Waals surface area (Å²) in [4.78, 5) is 15.4. The lowest BCUT2D eigenvalue weighted by molar-refractivity contribution is 1.38. The second-order valence-corrected chi connectivity index (χ2v) is 4.68. The molecule has 0 aliphatic rings. The van der Waals surface area contributed by atoms with Gasteiger partial charge in [0.15, 0.2) is 0 Å². The number of benzene rings is 2. The predicted octanol–water partition coefficient (Wildman–Crippen LogP) is 3.43. The van der Waals surface area contributed by atoms with E-state index in [4.69, 9.17) is 17.3 Å². The van der Waals surface area contributed by atoms with Crippen molar-refractivity contribution in [2.24, 2.45) is 0 Å². The molecule has 94 valence electrons. The molecule has 0 unspecified atom stereocenters. The molecule has 0 spiro atoms. The second-order valence-electron chi connectivity index (χ2n) is 4.27. The highest BCUT2D eigenvalue weighted by molar-refractivity contribution is 6.33. The first kappa shape index (κ1) is 11.8. The van der Waals surface area contributed by atoms with E-state index >= 15 is 0 Å². The molecule has 3 rings (SSSR count). The quantitative estimate of drug-likeness (QED) is 0.712. The maximum Gasteiger partial charge on any atom is 0.212 e. The van der Waals surface area contributed by atoms with Crippen molar-refractivity contribution < 1.29 is 0 Å². The van der Waals surface area contributed by atoms with Crippen molar-refractivity contribution in [3.63, 3.8) is 0 Å². The van der Waals surface area contributed by atoms with E-state index in [0.29, 0.717) is 16.1 Å². The Hall–Kier alpha value is -2.26. The molecule has 19 heavy (non-hydrogen) atoms. The fourth-order valence-corrected chi connectivity index (χ4v) is 2.36. The Labute approximate surface area is 114 Å². The summed E-state index contributed by atoms with van der Waals surface area (Å²) >= 11 is 6.16. The smallest absolute Gasteiger partial charge is 0.212 e. The van der Waals surface area contributed by atoms with Crippen LogP contribution in [0.15, 0.2) is 53.3 Å². The Balaban J connectivity index is 2.40. The first-order chi connectivity index (χ1) is 9.18. The maximum atomic E-state index is 12.2. The summed E-state index contributed by atoms with van der Waals surface area (Å²) in [7, 11) is 0. The number of H-pyrrole nitrogens is 1. The molecule has 0 aliphatic carbocycles. The molecule has 3 N–H and O–H groups in total. The Bertz CT molecular complexity index is 824. The number of hydrogen-bond acceptors (Lipinski definition) is 2. The highest BCUT2D eigenvalue weighted by Gasteiger charge is 2.12. The van der Waals surface area contributed by atoms with Crippen LogP contribution in [0.2, 0.25) is 5.02 Å². The van der Waals surface area contributed by atoms with E-state index in [1.54, 1.807) is 12.1 Å². The summed E-state index contributed by atoms with van der Waals surface area (Å²) in [5, 5.41) is 1.14. The van der Waals surface area contributed by atoms with Gasteiger partial charge < -0.3 is 10.7 Å². The monoisotopic (exact) mass is 270 g/mol. The number of fused-ring (bicyclic) bond motifs is 1. The molecule has 0 atom stereocenters. The summed E-state index contributed by atoms with van der Waals surface area (Å²) in [5.41, 5.74) is 7.99. The molecule has 4 heteroatoms. The Morgan fingerprint density at radius 1 is 1.00 bits per heavy atom. The van der Waals surface area contributed by atoms with Crippen LogP contribution in [-0.4, -0.2) is 4.98 Å². The summed E-state index contributed by atoms with van der Waals surface area (Å²) in [6, 6.07) is 14.6. The van der Waals surface area contributed by atoms with Gasteiger partial charge in [0.05, 0.1) is 5.69 Å². The second kappa shape index (κ2) is 4.44. The van der Waals surface area contributed by atoms with Crippen LogP contribution in [0.4, 0.5) is 5.69 Å². The van der Waals surface area contributed by atoms with Gasteiger partial charge >= 0.3 is 0 Å². The summed E-state index contributed by atoms with van der Waals surface area (Å²) < 4.78 is 0. The Kier molecular flexibility index (Phi) is 2.76. The van der Waals surface area contributed by atoms with E-state index in [1.165, 1.54) is 0 Å². The van der Waals surface area contributed by atoms with E-state index in [2.05, 4.69) is 4.98 Å². The largest absolute Gasteiger partial charge is 0.394 e. The molecule has 3 aromatic rings. The van der Waals surface area contributed by atoms with Gasteiger partial charge in [0, 0.05) is 21.5 Å². The Morgan fingerprint density at radius 2 is 1.68 bits per heavy atom. The first-order valence-electron chi connectivity index (χ1n) is 5.84. The van der Waals surface area contributed by atoms with Crippen molar-refractivity contribution in [2.75, 3.05) is 5.73 Å². The van der Waals surface area contributed by atoms with Crippen LogP contribution in [0.5, 0.6) is 0 Å². The number of halogens is 1. The zero-order valence-corrected chi connectivity index (χ0v) is 10.7. The van der Waals surface area contributed by atoms with E-state index in [9.17, 15) is 4.79 Å². The third-order valence-electron chi connectivity index (χ3n) is 3.09. The van der Waals surface area contributed by atoms with Crippen molar-refractivity contribution in [3.8, 4) is 11.3 Å². The lowest BCUT2D eigenvalue weighted by Crippen LogP contribution is -2.11. The van der Waals surface area contributed by atoms with Crippen molar-refractivity contribution >= 4 is 28.2 Å². The van der Waals surface area contributed by atoms with Gasteiger partial charge in [0.25, 0.3) is 0 Å². The maximum absolute atomic E-state index is 12.2. The third kappa shape index (κ3) is 1.88. The van der Waals surface area contributed by atoms with Gasteiger partial charge in [-0.25, -0.2) is 0 Å². The molecule has 1 heterocycles. The van der Waals surface area contributed by atoms with Crippen LogP contribution >= 0.6 is 11.6 Å². The van der Waals surface area contributed by atoms with Gasteiger partial charge in [-0.1, -0.05) is 41.9 Å². The van der Waals surface area contributed by atoms with Crippen molar-refractivity contribution in [1.82, 2.24) is 4.98 Å². The number of nitrogens with one attached hydrogen (secondary N) is 1. The number of hydrogen-bond donors (Lipinski definition) is 2. The van der Waals surface area contributed by atoms with Gasteiger partial charge in [-0.3, -0.25) is 4.79 Å². The molecule has 0 fully saturated rings. The highest BCUT2D eigenvalue weighted by atomic mass is 35.5. The minimum absolute atomic E-state index is 0.177. The van der Waals surface area contributed by atoms with Crippen LogP contribution in [0.25, 0.3) is 22.2 Å². The first-order valence-corrected chi connectivity index (χ1v) is 6.21. The van der Waals surface area contributed by atoms with Gasteiger partial charge in [0.1, 0.15) is 5.69 Å². The topological polar surface area (TPSA) is 58.9 Å². The number of nitrogen functional groups attached to an aromatic ring is 1. The van der Waals surface area contributed by atoms with Crippen LogP contribution in [-0.2, 0) is 0 Å². The van der Waals surface area contributed by atoms with Crippen molar-refractivity contribution in [3.05, 3.63) is 63.8 Å². The van der Waals surface area contributed by atoms with Crippen LogP contribution in [0.3, 0.4) is 0 Å². The number of nitrogens with two attached hydrogens (primary N) is 1. The van der Waals surface area contributed by atoms with E-state index < -0.39 is 0 Å². The van der Waals surface area contributed by atoms with Crippen molar-refractivity contribution in [2.45, 2.75) is 0 Å². The minimum atomic E-state index is -0.177. The molecule has 0 saturated carbocycles. The lowest BCUT2D eigenvalue weighted by Gasteiger charge is -2.09. The van der Waals surface area contributed by atoms with E-state index in [1.807, 2.05) is 36.4 Å². The van der Waals surface area contributed by atoms with Crippen LogP contribution < -0.4 is 11.2 Å². The number of aromatic nitrogens is 1.